The number of hydrogen-bond donors (Lipinski definition) is 3. The van der Waals surface area contributed by atoms with Crippen LogP contribution in [0.5, 0.6) is 5.75 Å². The van der Waals surface area contributed by atoms with Gasteiger partial charge in [0.05, 0.1) is 12.3 Å². The molecule has 5 N–H and O–H groups in total. The first-order chi connectivity index (χ1) is 23.3. The summed E-state index contributed by atoms with van der Waals surface area (Å²) in [4.78, 5) is 2.22. The van der Waals surface area contributed by atoms with E-state index in [9.17, 15) is 13.0 Å². The number of benzene rings is 3. The highest BCUT2D eigenvalue weighted by Gasteiger charge is 2.40. The lowest BCUT2D eigenvalue weighted by molar-refractivity contribution is -0.568. The fraction of sp³-hybridized carbons (Fsp3) is 0.463. The van der Waals surface area contributed by atoms with Crippen LogP contribution in [0.2, 0.25) is 0 Å². The van der Waals surface area contributed by atoms with Gasteiger partial charge in [0, 0.05) is 40.5 Å². The number of allylic oxidation sites excluding steroid dienone is 4. The molecule has 3 aromatic carbocycles. The molecule has 1 aliphatic heterocycles. The summed E-state index contributed by atoms with van der Waals surface area (Å²) in [6.45, 7) is 12.9. The van der Waals surface area contributed by atoms with E-state index in [1.54, 1.807) is 0 Å². The third-order valence-corrected chi connectivity index (χ3v) is 11.2. The van der Waals surface area contributed by atoms with Crippen molar-refractivity contribution in [2.24, 2.45) is 5.92 Å². The van der Waals surface area contributed by atoms with Gasteiger partial charge in [-0.25, -0.2) is 0 Å². The summed E-state index contributed by atoms with van der Waals surface area (Å²) in [6, 6.07) is 24.9. The van der Waals surface area contributed by atoms with Gasteiger partial charge in [-0.2, -0.15) is 8.42 Å². The van der Waals surface area contributed by atoms with Crippen LogP contribution in [0.4, 0.5) is 17.1 Å². The average molecular weight is 687 g/mol. The van der Waals surface area contributed by atoms with E-state index in [2.05, 4.69) is 75.2 Å². The van der Waals surface area contributed by atoms with Crippen molar-refractivity contribution < 1.29 is 23.0 Å². The number of nitrogens with two attached hydrogens (primary N) is 2. The van der Waals surface area contributed by atoms with Crippen LogP contribution in [0.25, 0.3) is 0 Å². The summed E-state index contributed by atoms with van der Waals surface area (Å²) < 4.78 is 39.4. The molecule has 1 aliphatic carbocycles. The number of fused-ring (bicyclic) bond motifs is 1. The molecule has 0 fully saturated rings. The Morgan fingerprint density at radius 1 is 1.06 bits per heavy atom. The van der Waals surface area contributed by atoms with Crippen LogP contribution in [0.15, 0.2) is 95.9 Å². The molecule has 1 unspecified atom stereocenters. The maximum Gasteiger partial charge on any atom is 0.264 e. The molecule has 0 aromatic heterocycles. The number of ether oxygens (including phenoxy) is 1. The topological polar surface area (TPSA) is 109 Å². The highest BCUT2D eigenvalue weighted by atomic mass is 32.2. The van der Waals surface area contributed by atoms with Gasteiger partial charge in [-0.1, -0.05) is 70.2 Å². The molecule has 0 radical (unpaired) electrons. The lowest BCUT2D eigenvalue weighted by atomic mass is 9.77. The highest BCUT2D eigenvalue weighted by Crippen LogP contribution is 2.49. The van der Waals surface area contributed by atoms with E-state index in [-0.39, 0.29) is 22.5 Å². The summed E-state index contributed by atoms with van der Waals surface area (Å²) in [7, 11) is -4.05. The maximum atomic E-state index is 11.6. The van der Waals surface area contributed by atoms with Gasteiger partial charge in [-0.3, -0.25) is 4.55 Å². The SMILES string of the molecule is CC[NH2+]c1ccccc1C(C)(C)CCCC1=C(Oc2ccccc2)C(CC=C2N(CCCS(=O)(=O)O)c3ccc(N)cc3C2(C)C)CCC1. The Morgan fingerprint density at radius 3 is 2.53 bits per heavy atom. The number of para-hydroxylation sites is 2. The molecule has 264 valence electrons. The number of hydrogen-bond acceptors (Lipinski definition) is 5. The van der Waals surface area contributed by atoms with Gasteiger partial charge in [0.25, 0.3) is 10.1 Å². The van der Waals surface area contributed by atoms with Gasteiger partial charge >= 0.3 is 0 Å². The van der Waals surface area contributed by atoms with Crippen LogP contribution in [-0.2, 0) is 20.9 Å². The van der Waals surface area contributed by atoms with Crippen LogP contribution in [0.3, 0.4) is 0 Å². The lowest BCUT2D eigenvalue weighted by Gasteiger charge is -2.31. The van der Waals surface area contributed by atoms with E-state index in [0.29, 0.717) is 18.7 Å². The summed E-state index contributed by atoms with van der Waals surface area (Å²) in [5, 5.41) is 2.33. The normalized spacial score (nSPS) is 18.6. The van der Waals surface area contributed by atoms with Crippen LogP contribution in [0, 0.1) is 5.92 Å². The van der Waals surface area contributed by atoms with Crippen molar-refractivity contribution in [3.63, 3.8) is 0 Å². The van der Waals surface area contributed by atoms with Gasteiger partial charge in [-0.15, -0.1) is 0 Å². The van der Waals surface area contributed by atoms with E-state index < -0.39 is 10.1 Å². The minimum absolute atomic E-state index is 0.0625. The first-order valence-electron chi connectivity index (χ1n) is 18.0. The Hall–Kier alpha value is -3.59. The molecule has 0 spiro atoms. The summed E-state index contributed by atoms with van der Waals surface area (Å²) >= 11 is 0. The first-order valence-corrected chi connectivity index (χ1v) is 19.6. The Labute approximate surface area is 294 Å². The molecule has 49 heavy (non-hydrogen) atoms. The van der Waals surface area contributed by atoms with Crippen molar-refractivity contribution in [2.75, 3.05) is 29.5 Å². The molecule has 8 heteroatoms. The average Bonchev–Trinajstić information content (AvgIpc) is 3.25. The second kappa shape index (κ2) is 15.5. The maximum absolute atomic E-state index is 11.6. The van der Waals surface area contributed by atoms with Crippen LogP contribution < -0.4 is 20.7 Å². The largest absolute Gasteiger partial charge is 0.461 e. The molecule has 2 aliphatic rings. The van der Waals surface area contributed by atoms with E-state index in [1.807, 2.05) is 48.5 Å². The fourth-order valence-corrected chi connectivity index (χ4v) is 8.39. The van der Waals surface area contributed by atoms with Gasteiger partial charge in [0.15, 0.2) is 0 Å². The van der Waals surface area contributed by atoms with Gasteiger partial charge in [-0.05, 0) is 111 Å². The van der Waals surface area contributed by atoms with Crippen molar-refractivity contribution in [3.05, 3.63) is 107 Å². The molecular weight excluding hydrogens is 631 g/mol. The van der Waals surface area contributed by atoms with Crippen molar-refractivity contribution >= 4 is 27.2 Å². The highest BCUT2D eigenvalue weighted by molar-refractivity contribution is 7.85. The third-order valence-electron chi connectivity index (χ3n) is 10.4. The smallest absolute Gasteiger partial charge is 0.264 e. The van der Waals surface area contributed by atoms with Crippen molar-refractivity contribution in [3.8, 4) is 5.75 Å². The van der Waals surface area contributed by atoms with E-state index in [1.165, 1.54) is 16.8 Å². The number of quaternary nitrogens is 1. The molecular formula is C41H56N3O4S+. The third kappa shape index (κ3) is 8.96. The number of nitrogen functional groups attached to an aromatic ring is 1. The Morgan fingerprint density at radius 2 is 1.80 bits per heavy atom. The second-order valence-electron chi connectivity index (χ2n) is 14.9. The molecule has 0 bridgehead atoms. The first kappa shape index (κ1) is 36.7. The van der Waals surface area contributed by atoms with Crippen LogP contribution in [-0.4, -0.2) is 31.8 Å². The van der Waals surface area contributed by atoms with Gasteiger partial charge in [0.2, 0.25) is 0 Å². The van der Waals surface area contributed by atoms with Crippen molar-refractivity contribution in [1.82, 2.24) is 0 Å². The number of rotatable bonds is 15. The minimum Gasteiger partial charge on any atom is -0.461 e. The van der Waals surface area contributed by atoms with E-state index in [4.69, 9.17) is 10.5 Å². The zero-order valence-corrected chi connectivity index (χ0v) is 30.9. The van der Waals surface area contributed by atoms with Gasteiger partial charge < -0.3 is 20.7 Å². The molecule has 1 atom stereocenters. The molecule has 7 nitrogen and oxygen atoms in total. The quantitative estimate of drug-likeness (QED) is 0.109. The standard InChI is InChI=1S/C41H55N3O4S/c1-6-43-36-21-11-10-20-34(36)40(2,3)26-13-17-30-15-12-16-31(39(30)48-33-18-8-7-9-19-33)22-25-38-41(4,5)35-29-32(42)23-24-37(35)44(38)27-14-28-49(45,46)47/h7-11,18-21,23-25,29,31,43H,6,12-17,22,26-28,42H2,1-5H3,(H,45,46,47)/p+1. The predicted octanol–water partition coefficient (Wildman–Crippen LogP) is 8.41. The van der Waals surface area contributed by atoms with E-state index >= 15 is 0 Å². The molecule has 5 rings (SSSR count). The van der Waals surface area contributed by atoms with Crippen LogP contribution >= 0.6 is 0 Å². The lowest BCUT2D eigenvalue weighted by Crippen LogP contribution is -2.77. The molecule has 0 saturated heterocycles. The zero-order valence-electron chi connectivity index (χ0n) is 30.0. The summed E-state index contributed by atoms with van der Waals surface area (Å²) in [6.07, 6.45) is 9.89. The Bertz CT molecular complexity index is 1760. The summed E-state index contributed by atoms with van der Waals surface area (Å²) in [5.41, 5.74) is 14.2. The van der Waals surface area contributed by atoms with Gasteiger partial charge in [0.1, 0.15) is 17.2 Å². The number of anilines is 2. The fourth-order valence-electron chi connectivity index (χ4n) is 7.90. The Balaban J connectivity index is 1.41. The minimum atomic E-state index is -4.05. The molecule has 0 saturated carbocycles. The van der Waals surface area contributed by atoms with Crippen LogP contribution in [0.1, 0.15) is 97.1 Å². The predicted molar refractivity (Wildman–Crippen MR) is 202 cm³/mol. The second-order valence-corrected chi connectivity index (χ2v) is 16.5. The van der Waals surface area contributed by atoms with E-state index in [0.717, 1.165) is 79.9 Å². The zero-order chi connectivity index (χ0) is 35.2. The number of nitrogens with zero attached hydrogens (tertiary/aromatic N) is 1. The molecule has 3 aromatic rings. The summed E-state index contributed by atoms with van der Waals surface area (Å²) in [5.74, 6) is 1.94. The Kier molecular flexibility index (Phi) is 11.6. The van der Waals surface area contributed by atoms with Crippen molar-refractivity contribution in [1.29, 1.82) is 0 Å². The molecule has 1 heterocycles. The van der Waals surface area contributed by atoms with Crippen molar-refractivity contribution in [2.45, 2.75) is 96.8 Å². The monoisotopic (exact) mass is 686 g/mol. The molecule has 0 amide bonds.